The van der Waals surface area contributed by atoms with Gasteiger partial charge in [-0.05, 0) is 36.1 Å². The molecule has 2 heterocycles. The van der Waals surface area contributed by atoms with Gasteiger partial charge in [0.1, 0.15) is 0 Å². The molecule has 0 saturated heterocycles. The molecule has 1 aliphatic rings. The first-order valence-corrected chi connectivity index (χ1v) is 7.27. The Balaban J connectivity index is 1.77. The average Bonchev–Trinajstić information content (AvgIpc) is 2.80. The van der Waals surface area contributed by atoms with E-state index < -0.39 is 0 Å². The fourth-order valence-corrected chi connectivity index (χ4v) is 2.92. The lowest BCUT2D eigenvalue weighted by Crippen LogP contribution is -2.31. The lowest BCUT2D eigenvalue weighted by Gasteiger charge is -2.29. The molecule has 0 amide bonds. The van der Waals surface area contributed by atoms with Gasteiger partial charge >= 0.3 is 0 Å². The minimum absolute atomic E-state index is 0.923. The predicted molar refractivity (Wildman–Crippen MR) is 81.3 cm³/mol. The van der Waals surface area contributed by atoms with E-state index in [1.807, 2.05) is 17.8 Å². The Hall–Kier alpha value is -1.81. The summed E-state index contributed by atoms with van der Waals surface area (Å²) in [5.74, 6) is 0. The first-order valence-electron chi connectivity index (χ1n) is 7.27. The fraction of sp³-hybridized carbons (Fsp3) is 0.438. The molecule has 2 aromatic rings. The summed E-state index contributed by atoms with van der Waals surface area (Å²) in [5.41, 5.74) is 12.2. The maximum Gasteiger partial charge on any atom is 0.0625 e. The minimum Gasteiger partial charge on any atom is -0.398 e. The molecule has 0 spiro atoms. The smallest absolute Gasteiger partial charge is 0.0625 e. The molecule has 3 rings (SSSR count). The SMILES string of the molecule is CCc1cc(CN2CCc3cccc(N)c3C2)n(C)n1. The number of hydrogen-bond donors (Lipinski definition) is 1. The average molecular weight is 270 g/mol. The summed E-state index contributed by atoms with van der Waals surface area (Å²) in [4.78, 5) is 2.45. The van der Waals surface area contributed by atoms with E-state index in [4.69, 9.17) is 5.73 Å². The zero-order valence-corrected chi connectivity index (χ0v) is 12.3. The van der Waals surface area contributed by atoms with Crippen LogP contribution in [-0.2, 0) is 33.0 Å². The highest BCUT2D eigenvalue weighted by Gasteiger charge is 2.19. The Morgan fingerprint density at radius 1 is 1.35 bits per heavy atom. The number of rotatable bonds is 3. The predicted octanol–water partition coefficient (Wildman–Crippen LogP) is 2.12. The number of nitrogens with two attached hydrogens (primary N) is 1. The Morgan fingerprint density at radius 3 is 2.95 bits per heavy atom. The van der Waals surface area contributed by atoms with Crippen molar-refractivity contribution in [2.45, 2.75) is 32.9 Å². The van der Waals surface area contributed by atoms with E-state index in [9.17, 15) is 0 Å². The number of fused-ring (bicyclic) bond motifs is 1. The van der Waals surface area contributed by atoms with Crippen LogP contribution in [0.3, 0.4) is 0 Å². The molecule has 4 nitrogen and oxygen atoms in total. The Kier molecular flexibility index (Phi) is 3.49. The number of benzene rings is 1. The number of aryl methyl sites for hydroxylation is 2. The molecule has 1 aromatic carbocycles. The van der Waals surface area contributed by atoms with Crippen molar-refractivity contribution < 1.29 is 0 Å². The van der Waals surface area contributed by atoms with Gasteiger partial charge in [0.15, 0.2) is 0 Å². The van der Waals surface area contributed by atoms with E-state index in [0.29, 0.717) is 0 Å². The van der Waals surface area contributed by atoms with Gasteiger partial charge in [0.25, 0.3) is 0 Å². The first kappa shape index (κ1) is 13.2. The topological polar surface area (TPSA) is 47.1 Å². The van der Waals surface area contributed by atoms with Gasteiger partial charge in [-0.1, -0.05) is 19.1 Å². The van der Waals surface area contributed by atoms with Crippen LogP contribution < -0.4 is 5.73 Å². The van der Waals surface area contributed by atoms with Crippen molar-refractivity contribution in [2.75, 3.05) is 12.3 Å². The van der Waals surface area contributed by atoms with Gasteiger partial charge in [0.05, 0.1) is 11.4 Å². The van der Waals surface area contributed by atoms with Crippen molar-refractivity contribution in [3.8, 4) is 0 Å². The number of anilines is 1. The van der Waals surface area contributed by atoms with Gasteiger partial charge in [0, 0.05) is 32.4 Å². The highest BCUT2D eigenvalue weighted by atomic mass is 15.3. The molecule has 0 bridgehead atoms. The molecule has 4 heteroatoms. The zero-order chi connectivity index (χ0) is 14.1. The molecule has 106 valence electrons. The highest BCUT2D eigenvalue weighted by Crippen LogP contribution is 2.25. The fourth-order valence-electron chi connectivity index (χ4n) is 2.92. The van der Waals surface area contributed by atoms with Crippen LogP contribution in [0.1, 0.15) is 29.4 Å². The summed E-state index contributed by atoms with van der Waals surface area (Å²) in [6.45, 7) is 5.11. The molecule has 0 fully saturated rings. The summed E-state index contributed by atoms with van der Waals surface area (Å²) >= 11 is 0. The standard InChI is InChI=1S/C16H22N4/c1-3-13-9-14(19(2)18-13)10-20-8-7-12-5-4-6-16(17)15(12)11-20/h4-6,9H,3,7-8,10-11,17H2,1-2H3. The van der Waals surface area contributed by atoms with Crippen molar-refractivity contribution >= 4 is 5.69 Å². The second-order valence-electron chi connectivity index (χ2n) is 5.55. The summed E-state index contributed by atoms with van der Waals surface area (Å²) in [6, 6.07) is 8.46. The molecule has 0 saturated carbocycles. The summed E-state index contributed by atoms with van der Waals surface area (Å²) < 4.78 is 2.00. The lowest BCUT2D eigenvalue weighted by atomic mass is 9.98. The van der Waals surface area contributed by atoms with Crippen molar-refractivity contribution in [3.63, 3.8) is 0 Å². The van der Waals surface area contributed by atoms with Gasteiger partial charge in [-0.15, -0.1) is 0 Å². The van der Waals surface area contributed by atoms with Crippen LogP contribution in [0, 0.1) is 0 Å². The largest absolute Gasteiger partial charge is 0.398 e. The molecule has 0 aliphatic carbocycles. The second kappa shape index (κ2) is 5.29. The minimum atomic E-state index is 0.923. The Labute approximate surface area is 120 Å². The first-order chi connectivity index (χ1) is 9.67. The van der Waals surface area contributed by atoms with Crippen molar-refractivity contribution in [1.82, 2.24) is 14.7 Å². The molecule has 2 N–H and O–H groups in total. The van der Waals surface area contributed by atoms with Crippen LogP contribution in [0.4, 0.5) is 5.69 Å². The maximum atomic E-state index is 6.11. The van der Waals surface area contributed by atoms with Gasteiger partial charge in [-0.2, -0.15) is 5.10 Å². The summed E-state index contributed by atoms with van der Waals surface area (Å²) in [5, 5.41) is 4.52. The van der Waals surface area contributed by atoms with Gasteiger partial charge in [-0.3, -0.25) is 9.58 Å². The van der Waals surface area contributed by atoms with Crippen molar-refractivity contribution in [2.24, 2.45) is 7.05 Å². The Morgan fingerprint density at radius 2 is 2.20 bits per heavy atom. The third-order valence-electron chi connectivity index (χ3n) is 4.16. The van der Waals surface area contributed by atoms with Crippen LogP contribution in [-0.4, -0.2) is 21.2 Å². The van der Waals surface area contributed by atoms with Crippen LogP contribution in [0.15, 0.2) is 24.3 Å². The van der Waals surface area contributed by atoms with Crippen molar-refractivity contribution in [1.29, 1.82) is 0 Å². The summed E-state index contributed by atoms with van der Waals surface area (Å²) in [6.07, 6.45) is 2.07. The molecule has 0 atom stereocenters. The maximum absolute atomic E-state index is 6.11. The van der Waals surface area contributed by atoms with Crippen LogP contribution in [0.2, 0.25) is 0 Å². The highest BCUT2D eigenvalue weighted by molar-refractivity contribution is 5.51. The lowest BCUT2D eigenvalue weighted by molar-refractivity contribution is 0.240. The van der Waals surface area contributed by atoms with Crippen LogP contribution in [0.5, 0.6) is 0 Å². The van der Waals surface area contributed by atoms with E-state index in [1.165, 1.54) is 22.5 Å². The van der Waals surface area contributed by atoms with E-state index in [2.05, 4.69) is 35.1 Å². The number of nitrogens with zero attached hydrogens (tertiary/aromatic N) is 3. The Bertz CT molecular complexity index is 615. The van der Waals surface area contributed by atoms with E-state index >= 15 is 0 Å². The van der Waals surface area contributed by atoms with E-state index in [-0.39, 0.29) is 0 Å². The van der Waals surface area contributed by atoms with Gasteiger partial charge < -0.3 is 5.73 Å². The van der Waals surface area contributed by atoms with Crippen LogP contribution in [0.25, 0.3) is 0 Å². The zero-order valence-electron chi connectivity index (χ0n) is 12.3. The third kappa shape index (κ3) is 2.43. The molecular weight excluding hydrogens is 248 g/mol. The second-order valence-corrected chi connectivity index (χ2v) is 5.55. The van der Waals surface area contributed by atoms with E-state index in [0.717, 1.165) is 38.2 Å². The van der Waals surface area contributed by atoms with E-state index in [1.54, 1.807) is 0 Å². The van der Waals surface area contributed by atoms with Gasteiger partial charge in [0.2, 0.25) is 0 Å². The number of nitrogen functional groups attached to an aromatic ring is 1. The number of hydrogen-bond acceptors (Lipinski definition) is 3. The molecule has 1 aromatic heterocycles. The molecule has 20 heavy (non-hydrogen) atoms. The van der Waals surface area contributed by atoms with Crippen molar-refractivity contribution in [3.05, 3.63) is 46.8 Å². The quantitative estimate of drug-likeness (QED) is 0.869. The molecule has 1 aliphatic heterocycles. The molecular formula is C16H22N4. The monoisotopic (exact) mass is 270 g/mol. The normalized spacial score (nSPS) is 15.3. The summed E-state index contributed by atoms with van der Waals surface area (Å²) in [7, 11) is 2.03. The number of aromatic nitrogens is 2. The van der Waals surface area contributed by atoms with Gasteiger partial charge in [-0.25, -0.2) is 0 Å². The molecule has 0 unspecified atom stereocenters. The third-order valence-corrected chi connectivity index (χ3v) is 4.16. The van der Waals surface area contributed by atoms with Crippen LogP contribution >= 0.6 is 0 Å². The molecule has 0 radical (unpaired) electrons.